The van der Waals surface area contributed by atoms with Gasteiger partial charge in [-0.05, 0) is 39.0 Å². The van der Waals surface area contributed by atoms with Gasteiger partial charge in [-0.1, -0.05) is 19.0 Å². The molecule has 0 N–H and O–H groups in total. The monoisotopic (exact) mass is 384 g/mol. The van der Waals surface area contributed by atoms with Crippen molar-refractivity contribution in [2.24, 2.45) is 0 Å². The van der Waals surface area contributed by atoms with Gasteiger partial charge in [-0.3, -0.25) is 4.79 Å². The lowest BCUT2D eigenvalue weighted by Gasteiger charge is -2.08. The molecule has 0 saturated heterocycles. The van der Waals surface area contributed by atoms with Gasteiger partial charge in [0.05, 0.1) is 18.5 Å². The molecule has 0 radical (unpaired) electrons. The third-order valence-electron chi connectivity index (χ3n) is 4.72. The summed E-state index contributed by atoms with van der Waals surface area (Å²) in [5.74, 6) is 0.399. The predicted octanol–water partition coefficient (Wildman–Crippen LogP) is 4.21. The number of ketones is 1. The zero-order valence-corrected chi connectivity index (χ0v) is 16.7. The van der Waals surface area contributed by atoms with Crippen LogP contribution < -0.4 is 0 Å². The number of furan rings is 1. The number of aryl methyl sites for hydroxylation is 2. The van der Waals surface area contributed by atoms with Gasteiger partial charge in [0, 0.05) is 22.9 Å². The summed E-state index contributed by atoms with van der Waals surface area (Å²) < 4.78 is 17.9. The molecule has 0 fully saturated rings. The Morgan fingerprint density at radius 1 is 1.25 bits per heavy atom. The number of hydrogen-bond donors (Lipinski definition) is 0. The zero-order valence-electron chi connectivity index (χ0n) is 16.7. The Morgan fingerprint density at radius 3 is 2.64 bits per heavy atom. The van der Waals surface area contributed by atoms with E-state index in [9.17, 15) is 9.59 Å². The molecular formula is C21H24N2O5. The van der Waals surface area contributed by atoms with Crippen LogP contribution in [0, 0.1) is 20.8 Å². The van der Waals surface area contributed by atoms with Crippen LogP contribution >= 0.6 is 0 Å². The predicted molar refractivity (Wildman–Crippen MR) is 102 cm³/mol. The smallest absolute Gasteiger partial charge is 0.344 e. The highest BCUT2D eigenvalue weighted by molar-refractivity contribution is 6.00. The van der Waals surface area contributed by atoms with Gasteiger partial charge in [0.2, 0.25) is 5.78 Å². The van der Waals surface area contributed by atoms with E-state index < -0.39 is 5.97 Å². The molecule has 7 heteroatoms. The van der Waals surface area contributed by atoms with E-state index in [1.54, 1.807) is 19.3 Å². The van der Waals surface area contributed by atoms with Crippen molar-refractivity contribution in [1.82, 2.24) is 9.72 Å². The molecule has 148 valence electrons. The van der Waals surface area contributed by atoms with Crippen LogP contribution in [0.15, 0.2) is 33.4 Å². The first-order chi connectivity index (χ1) is 13.3. The van der Waals surface area contributed by atoms with Crippen molar-refractivity contribution in [3.63, 3.8) is 0 Å². The second-order valence-electron chi connectivity index (χ2n) is 7.11. The topological polar surface area (TPSA) is 87.5 Å². The van der Waals surface area contributed by atoms with E-state index in [2.05, 4.69) is 5.16 Å². The largest absolute Gasteiger partial charge is 0.467 e. The quantitative estimate of drug-likeness (QED) is 0.448. The molecule has 28 heavy (non-hydrogen) atoms. The van der Waals surface area contributed by atoms with Crippen LogP contribution in [0.25, 0.3) is 0 Å². The van der Waals surface area contributed by atoms with Crippen LogP contribution in [0.4, 0.5) is 0 Å². The number of carbonyl (C=O) groups excluding carboxylic acids is 2. The average Bonchev–Trinajstić information content (AvgIpc) is 3.35. The Morgan fingerprint density at radius 2 is 2.00 bits per heavy atom. The molecule has 0 aliphatic heterocycles. The number of nitrogens with zero attached hydrogens (tertiary/aromatic N) is 2. The van der Waals surface area contributed by atoms with Gasteiger partial charge in [0.15, 0.2) is 12.4 Å². The highest BCUT2D eigenvalue weighted by Gasteiger charge is 2.25. The summed E-state index contributed by atoms with van der Waals surface area (Å²) in [6.07, 6.45) is 1.62. The standard InChI is InChI=1S/C21H24N2O5/c1-12(2)20-19(14(4)22-28-20)21(25)27-11-18(24)17-9-13(3)23(15(17)5)10-16-7-6-8-26-16/h6-9,12H,10-11H2,1-5H3. The van der Waals surface area contributed by atoms with Gasteiger partial charge in [0.25, 0.3) is 0 Å². The summed E-state index contributed by atoms with van der Waals surface area (Å²) in [5, 5.41) is 3.84. The molecule has 0 aliphatic rings. The Labute approximate surface area is 163 Å². The van der Waals surface area contributed by atoms with E-state index in [1.165, 1.54) is 0 Å². The molecule has 0 amide bonds. The first-order valence-corrected chi connectivity index (χ1v) is 9.15. The van der Waals surface area contributed by atoms with E-state index in [0.29, 0.717) is 29.1 Å². The zero-order chi connectivity index (χ0) is 20.4. The first-order valence-electron chi connectivity index (χ1n) is 9.15. The molecular weight excluding hydrogens is 360 g/mol. The third-order valence-corrected chi connectivity index (χ3v) is 4.72. The summed E-state index contributed by atoms with van der Waals surface area (Å²) in [7, 11) is 0. The van der Waals surface area contributed by atoms with E-state index in [0.717, 1.165) is 17.1 Å². The number of ether oxygens (including phenoxy) is 1. The fourth-order valence-corrected chi connectivity index (χ4v) is 3.20. The average molecular weight is 384 g/mol. The minimum Gasteiger partial charge on any atom is -0.467 e. The van der Waals surface area contributed by atoms with Gasteiger partial charge in [0.1, 0.15) is 11.3 Å². The summed E-state index contributed by atoms with van der Waals surface area (Å²) in [5.41, 5.74) is 3.02. The van der Waals surface area contributed by atoms with Crippen LogP contribution in [-0.4, -0.2) is 28.1 Å². The summed E-state index contributed by atoms with van der Waals surface area (Å²) in [6.45, 7) is 9.46. The van der Waals surface area contributed by atoms with Crippen molar-refractivity contribution >= 4 is 11.8 Å². The van der Waals surface area contributed by atoms with Crippen molar-refractivity contribution in [3.05, 3.63) is 64.2 Å². The van der Waals surface area contributed by atoms with E-state index in [4.69, 9.17) is 13.7 Å². The molecule has 0 unspecified atom stereocenters. The fourth-order valence-electron chi connectivity index (χ4n) is 3.20. The van der Waals surface area contributed by atoms with Gasteiger partial charge in [-0.25, -0.2) is 4.79 Å². The minimum atomic E-state index is -0.597. The lowest BCUT2D eigenvalue weighted by molar-refractivity contribution is 0.0471. The third kappa shape index (κ3) is 3.78. The summed E-state index contributed by atoms with van der Waals surface area (Å²) in [6, 6.07) is 5.52. The highest BCUT2D eigenvalue weighted by atomic mass is 16.5. The van der Waals surface area contributed by atoms with E-state index >= 15 is 0 Å². The lowest BCUT2D eigenvalue weighted by Crippen LogP contribution is -2.16. The van der Waals surface area contributed by atoms with Crippen LogP contribution in [0.5, 0.6) is 0 Å². The van der Waals surface area contributed by atoms with Crippen LogP contribution in [0.3, 0.4) is 0 Å². The second-order valence-corrected chi connectivity index (χ2v) is 7.11. The maximum atomic E-state index is 12.7. The maximum Gasteiger partial charge on any atom is 0.344 e. The van der Waals surface area contributed by atoms with Crippen LogP contribution in [-0.2, 0) is 11.3 Å². The minimum absolute atomic E-state index is 0.0139. The molecule has 0 aromatic carbocycles. The van der Waals surface area contributed by atoms with Crippen LogP contribution in [0.1, 0.15) is 69.1 Å². The Bertz CT molecular complexity index is 993. The Hall–Kier alpha value is -3.09. The molecule has 3 aromatic heterocycles. The number of aromatic nitrogens is 2. The second kappa shape index (κ2) is 7.88. The molecule has 3 aromatic rings. The highest BCUT2D eigenvalue weighted by Crippen LogP contribution is 2.23. The van der Waals surface area contributed by atoms with Crippen molar-refractivity contribution in [2.75, 3.05) is 6.61 Å². The van der Waals surface area contributed by atoms with Gasteiger partial charge < -0.3 is 18.2 Å². The number of esters is 1. The maximum absolute atomic E-state index is 12.7. The van der Waals surface area contributed by atoms with Crippen LogP contribution in [0.2, 0.25) is 0 Å². The van der Waals surface area contributed by atoms with Gasteiger partial charge in [-0.15, -0.1) is 0 Å². The SMILES string of the molecule is Cc1noc(C(C)C)c1C(=O)OCC(=O)c1cc(C)n(Cc2ccco2)c1C. The summed E-state index contributed by atoms with van der Waals surface area (Å²) in [4.78, 5) is 25.1. The fraction of sp³-hybridized carbons (Fsp3) is 0.381. The molecule has 0 aliphatic carbocycles. The molecule has 0 saturated carbocycles. The van der Waals surface area contributed by atoms with Crippen molar-refractivity contribution in [3.8, 4) is 0 Å². The first kappa shape index (κ1) is 19.7. The number of Topliss-reactive ketones (excluding diaryl/α,β-unsaturated/α-hetero) is 1. The molecule has 0 bridgehead atoms. The molecule has 3 rings (SSSR count). The number of hydrogen-bond acceptors (Lipinski definition) is 6. The number of carbonyl (C=O) groups is 2. The van der Waals surface area contributed by atoms with Crippen molar-refractivity contribution < 1.29 is 23.3 Å². The molecule has 7 nitrogen and oxygen atoms in total. The normalized spacial score (nSPS) is 11.2. The molecule has 0 spiro atoms. The molecule has 3 heterocycles. The Balaban J connectivity index is 1.72. The number of rotatable bonds is 7. The van der Waals surface area contributed by atoms with Crippen molar-refractivity contribution in [1.29, 1.82) is 0 Å². The lowest BCUT2D eigenvalue weighted by atomic mass is 10.1. The van der Waals surface area contributed by atoms with Gasteiger partial charge >= 0.3 is 5.97 Å². The van der Waals surface area contributed by atoms with E-state index in [-0.39, 0.29) is 18.3 Å². The van der Waals surface area contributed by atoms with Gasteiger partial charge in [-0.2, -0.15) is 0 Å². The molecule has 0 atom stereocenters. The van der Waals surface area contributed by atoms with Crippen molar-refractivity contribution in [2.45, 2.75) is 47.1 Å². The van der Waals surface area contributed by atoms with E-state index in [1.807, 2.05) is 44.4 Å². The summed E-state index contributed by atoms with van der Waals surface area (Å²) >= 11 is 0. The Kier molecular flexibility index (Phi) is 5.53.